The van der Waals surface area contributed by atoms with E-state index in [0.29, 0.717) is 6.54 Å². The molecule has 0 aliphatic carbocycles. The highest BCUT2D eigenvalue weighted by Gasteiger charge is 2.19. The molecule has 4 nitrogen and oxygen atoms in total. The van der Waals surface area contributed by atoms with Gasteiger partial charge in [0.25, 0.3) is 5.91 Å². The first-order chi connectivity index (χ1) is 9.24. The van der Waals surface area contributed by atoms with Gasteiger partial charge in [0.1, 0.15) is 0 Å². The van der Waals surface area contributed by atoms with Gasteiger partial charge in [-0.25, -0.2) is 0 Å². The Labute approximate surface area is 125 Å². The summed E-state index contributed by atoms with van der Waals surface area (Å²) in [5, 5.41) is 12.5. The van der Waals surface area contributed by atoms with E-state index < -0.39 is 0 Å². The number of aromatic hydroxyl groups is 1. The summed E-state index contributed by atoms with van der Waals surface area (Å²) >= 11 is 6.19. The Kier molecular flexibility index (Phi) is 5.69. The van der Waals surface area contributed by atoms with E-state index in [0.717, 1.165) is 6.42 Å². The zero-order valence-corrected chi connectivity index (χ0v) is 13.1. The third-order valence-corrected chi connectivity index (χ3v) is 3.09. The van der Waals surface area contributed by atoms with Crippen molar-refractivity contribution in [3.63, 3.8) is 0 Å². The molecule has 0 aliphatic heterocycles. The molecule has 1 aromatic rings. The van der Waals surface area contributed by atoms with Crippen molar-refractivity contribution in [2.75, 3.05) is 13.7 Å². The Morgan fingerprint density at radius 1 is 1.45 bits per heavy atom. The van der Waals surface area contributed by atoms with Gasteiger partial charge < -0.3 is 15.2 Å². The zero-order valence-electron chi connectivity index (χ0n) is 12.4. The lowest BCUT2D eigenvalue weighted by molar-refractivity contribution is 0.0948. The van der Waals surface area contributed by atoms with E-state index >= 15 is 0 Å². The van der Waals surface area contributed by atoms with Crippen LogP contribution in [0.5, 0.6) is 11.5 Å². The third-order valence-electron chi connectivity index (χ3n) is 2.78. The van der Waals surface area contributed by atoms with Crippen LogP contribution in [0.15, 0.2) is 18.2 Å². The van der Waals surface area contributed by atoms with Crippen molar-refractivity contribution in [3.8, 4) is 11.5 Å². The number of methoxy groups -OCH3 is 1. The molecule has 0 aliphatic rings. The highest BCUT2D eigenvalue weighted by molar-refractivity contribution is 6.21. The maximum Gasteiger partial charge on any atom is 0.255 e. The molecule has 0 aromatic heterocycles. The van der Waals surface area contributed by atoms with Crippen molar-refractivity contribution in [2.45, 2.75) is 32.6 Å². The number of hydrogen-bond donors (Lipinski definition) is 2. The van der Waals surface area contributed by atoms with Crippen LogP contribution in [-0.2, 0) is 0 Å². The van der Waals surface area contributed by atoms with E-state index in [-0.39, 0.29) is 33.8 Å². The number of nitrogens with one attached hydrogen (secondary N) is 1. The highest BCUT2D eigenvalue weighted by atomic mass is 35.5. The van der Waals surface area contributed by atoms with Gasteiger partial charge in [0.15, 0.2) is 11.5 Å². The van der Waals surface area contributed by atoms with Crippen LogP contribution in [0.3, 0.4) is 0 Å². The molecular weight excluding hydrogens is 278 g/mol. The Morgan fingerprint density at radius 3 is 2.65 bits per heavy atom. The molecule has 0 spiro atoms. The molecule has 0 saturated carbocycles. The second-order valence-corrected chi connectivity index (χ2v) is 6.55. The van der Waals surface area contributed by atoms with Gasteiger partial charge in [-0.15, -0.1) is 11.6 Å². The number of amides is 1. The first kappa shape index (κ1) is 16.6. The Bertz CT molecular complexity index is 469. The van der Waals surface area contributed by atoms with E-state index in [4.69, 9.17) is 16.3 Å². The van der Waals surface area contributed by atoms with Crippen LogP contribution in [0.4, 0.5) is 0 Å². The number of benzene rings is 1. The van der Waals surface area contributed by atoms with Gasteiger partial charge in [-0.2, -0.15) is 0 Å². The molecule has 1 rings (SSSR count). The quantitative estimate of drug-likeness (QED) is 0.821. The summed E-state index contributed by atoms with van der Waals surface area (Å²) in [6.45, 7) is 6.64. The molecule has 0 bridgehead atoms. The highest BCUT2D eigenvalue weighted by Crippen LogP contribution is 2.29. The van der Waals surface area contributed by atoms with E-state index in [1.807, 2.05) is 0 Å². The zero-order chi connectivity index (χ0) is 15.3. The van der Waals surface area contributed by atoms with Gasteiger partial charge in [-0.1, -0.05) is 26.8 Å². The molecule has 1 aromatic carbocycles. The average molecular weight is 300 g/mol. The first-order valence-electron chi connectivity index (χ1n) is 6.53. The molecule has 0 saturated heterocycles. The molecule has 1 unspecified atom stereocenters. The van der Waals surface area contributed by atoms with Gasteiger partial charge in [-0.3, -0.25) is 4.79 Å². The van der Waals surface area contributed by atoms with Gasteiger partial charge in [-0.05, 0) is 24.0 Å². The number of halogens is 1. The molecular formula is C15H22ClNO3. The van der Waals surface area contributed by atoms with Crippen LogP contribution < -0.4 is 10.1 Å². The topological polar surface area (TPSA) is 58.6 Å². The summed E-state index contributed by atoms with van der Waals surface area (Å²) in [7, 11) is 1.44. The minimum atomic E-state index is -0.360. The number of phenolic OH excluding ortho intramolecular Hbond substituents is 1. The van der Waals surface area contributed by atoms with Crippen LogP contribution >= 0.6 is 11.6 Å². The van der Waals surface area contributed by atoms with E-state index in [1.165, 1.54) is 7.11 Å². The van der Waals surface area contributed by atoms with Gasteiger partial charge in [0.2, 0.25) is 0 Å². The lowest BCUT2D eigenvalue weighted by atomic mass is 9.90. The van der Waals surface area contributed by atoms with E-state index in [1.54, 1.807) is 18.2 Å². The second kappa shape index (κ2) is 6.84. The number of carbonyl (C=O) groups is 1. The Morgan fingerprint density at radius 2 is 2.10 bits per heavy atom. The maximum atomic E-state index is 12.0. The molecule has 20 heavy (non-hydrogen) atoms. The summed E-state index contributed by atoms with van der Waals surface area (Å²) in [6, 6.07) is 4.79. The fourth-order valence-corrected chi connectivity index (χ4v) is 2.45. The summed E-state index contributed by atoms with van der Waals surface area (Å²) in [5.74, 6) is -0.245. The summed E-state index contributed by atoms with van der Waals surface area (Å²) < 4.78 is 4.97. The number of alkyl halides is 1. The fraction of sp³-hybridized carbons (Fsp3) is 0.533. The molecule has 2 N–H and O–H groups in total. The average Bonchev–Trinajstić information content (AvgIpc) is 2.34. The summed E-state index contributed by atoms with van der Waals surface area (Å²) in [6.07, 6.45) is 0.791. The molecule has 0 radical (unpaired) electrons. The van der Waals surface area contributed by atoms with Crippen LogP contribution in [-0.4, -0.2) is 30.0 Å². The Hall–Kier alpha value is -1.42. The minimum Gasteiger partial charge on any atom is -0.504 e. The summed E-state index contributed by atoms with van der Waals surface area (Å²) in [4.78, 5) is 12.0. The fourth-order valence-electron chi connectivity index (χ4n) is 1.91. The third kappa shape index (κ3) is 4.93. The van der Waals surface area contributed by atoms with Crippen molar-refractivity contribution in [3.05, 3.63) is 23.8 Å². The van der Waals surface area contributed by atoms with Crippen LogP contribution in [0.2, 0.25) is 0 Å². The van der Waals surface area contributed by atoms with E-state index in [9.17, 15) is 9.90 Å². The predicted octanol–water partition coefficient (Wildman–Crippen LogP) is 3.17. The lowest BCUT2D eigenvalue weighted by Gasteiger charge is -2.22. The molecule has 0 fully saturated rings. The van der Waals surface area contributed by atoms with E-state index in [2.05, 4.69) is 26.1 Å². The molecule has 1 atom stereocenters. The van der Waals surface area contributed by atoms with Crippen molar-refractivity contribution < 1.29 is 14.6 Å². The number of ether oxygens (including phenoxy) is 1. The first-order valence-corrected chi connectivity index (χ1v) is 6.96. The number of phenols is 1. The van der Waals surface area contributed by atoms with Crippen molar-refractivity contribution >= 4 is 17.5 Å². The smallest absolute Gasteiger partial charge is 0.255 e. The number of carbonyl (C=O) groups excluding carboxylic acids is 1. The lowest BCUT2D eigenvalue weighted by Crippen LogP contribution is -2.31. The molecule has 5 heteroatoms. The number of para-hydroxylation sites is 1. The number of rotatable bonds is 5. The van der Waals surface area contributed by atoms with Crippen molar-refractivity contribution in [1.82, 2.24) is 5.32 Å². The molecule has 1 amide bonds. The SMILES string of the molecule is COc1cccc(C(=O)NCC(Cl)CC(C)(C)C)c1O. The molecule has 112 valence electrons. The monoisotopic (exact) mass is 299 g/mol. The van der Waals surface area contributed by atoms with Crippen LogP contribution in [0.1, 0.15) is 37.6 Å². The van der Waals surface area contributed by atoms with Crippen molar-refractivity contribution in [2.24, 2.45) is 5.41 Å². The normalized spacial score (nSPS) is 12.8. The maximum absolute atomic E-state index is 12.0. The standard InChI is InChI=1S/C15H22ClNO3/c1-15(2,3)8-10(16)9-17-14(19)11-6-5-7-12(20-4)13(11)18/h5-7,10,18H,8-9H2,1-4H3,(H,17,19). The van der Waals surface area contributed by atoms with Crippen molar-refractivity contribution in [1.29, 1.82) is 0 Å². The minimum absolute atomic E-state index is 0.106. The largest absolute Gasteiger partial charge is 0.504 e. The Balaban J connectivity index is 2.64. The second-order valence-electron chi connectivity index (χ2n) is 5.93. The van der Waals surface area contributed by atoms with Gasteiger partial charge in [0, 0.05) is 6.54 Å². The van der Waals surface area contributed by atoms with Crippen LogP contribution in [0.25, 0.3) is 0 Å². The summed E-state index contributed by atoms with van der Waals surface area (Å²) in [5.41, 5.74) is 0.291. The number of hydrogen-bond acceptors (Lipinski definition) is 3. The van der Waals surface area contributed by atoms with Gasteiger partial charge >= 0.3 is 0 Å². The van der Waals surface area contributed by atoms with Crippen LogP contribution in [0, 0.1) is 5.41 Å². The van der Waals surface area contributed by atoms with Gasteiger partial charge in [0.05, 0.1) is 18.1 Å². The molecule has 0 heterocycles. The predicted molar refractivity (Wildman–Crippen MR) is 80.7 cm³/mol.